The van der Waals surface area contributed by atoms with Crippen LogP contribution < -0.4 is 0 Å². The Morgan fingerprint density at radius 3 is 2.08 bits per heavy atom. The second-order valence-corrected chi connectivity index (χ2v) is 7.34. The number of ketones is 1. The van der Waals surface area contributed by atoms with E-state index < -0.39 is 0 Å². The number of Topliss-reactive ketones (excluding diaryl/α,β-unsaturated/α-hetero) is 1. The van der Waals surface area contributed by atoms with Crippen LogP contribution in [0.2, 0.25) is 0 Å². The number of hydrogen-bond donors (Lipinski definition) is 1. The number of aromatic nitrogens is 1. The molecule has 2 fully saturated rings. The Morgan fingerprint density at radius 2 is 1.54 bits per heavy atom. The first-order valence-electron chi connectivity index (χ1n) is 9.38. The lowest BCUT2D eigenvalue weighted by molar-refractivity contribution is -0.131. The molecule has 7 nitrogen and oxygen atoms in total. The Morgan fingerprint density at radius 1 is 0.923 bits per heavy atom. The standard InChI is InChI=1S/C19H28N4O3/c1-13-17(15(3)24)14(2)20-18(13)19(26)23-10-8-21(9-11-23)12-16(25)22-6-4-5-7-22/h20H,4-12H2,1-3H3. The van der Waals surface area contributed by atoms with Crippen molar-refractivity contribution in [2.24, 2.45) is 0 Å². The van der Waals surface area contributed by atoms with Crippen LogP contribution in [0, 0.1) is 13.8 Å². The number of nitrogens with one attached hydrogen (secondary N) is 1. The second-order valence-electron chi connectivity index (χ2n) is 7.34. The maximum absolute atomic E-state index is 12.8. The zero-order valence-corrected chi connectivity index (χ0v) is 15.9. The summed E-state index contributed by atoms with van der Waals surface area (Å²) >= 11 is 0. The molecule has 0 saturated carbocycles. The summed E-state index contributed by atoms with van der Waals surface area (Å²) in [6, 6.07) is 0. The summed E-state index contributed by atoms with van der Waals surface area (Å²) in [4.78, 5) is 45.8. The minimum atomic E-state index is -0.0661. The number of aromatic amines is 1. The number of hydrogen-bond acceptors (Lipinski definition) is 4. The number of piperazine rings is 1. The number of amides is 2. The van der Waals surface area contributed by atoms with Gasteiger partial charge in [0.15, 0.2) is 5.78 Å². The van der Waals surface area contributed by atoms with Gasteiger partial charge in [-0.2, -0.15) is 0 Å². The van der Waals surface area contributed by atoms with Crippen molar-refractivity contribution in [1.82, 2.24) is 19.7 Å². The molecule has 7 heteroatoms. The summed E-state index contributed by atoms with van der Waals surface area (Å²) in [7, 11) is 0. The molecule has 26 heavy (non-hydrogen) atoms. The van der Waals surface area contributed by atoms with Gasteiger partial charge in [0, 0.05) is 50.5 Å². The molecule has 0 unspecified atom stereocenters. The Balaban J connectivity index is 1.58. The van der Waals surface area contributed by atoms with E-state index in [1.807, 2.05) is 18.7 Å². The van der Waals surface area contributed by atoms with E-state index in [0.29, 0.717) is 44.0 Å². The molecular weight excluding hydrogens is 332 g/mol. The Hall–Kier alpha value is -2.15. The molecule has 0 aromatic carbocycles. The van der Waals surface area contributed by atoms with Gasteiger partial charge in [-0.3, -0.25) is 19.3 Å². The quantitative estimate of drug-likeness (QED) is 0.819. The zero-order chi connectivity index (χ0) is 18.8. The average Bonchev–Trinajstić information content (AvgIpc) is 3.23. The summed E-state index contributed by atoms with van der Waals surface area (Å²) in [6.07, 6.45) is 2.20. The second kappa shape index (κ2) is 7.61. The van der Waals surface area contributed by atoms with Gasteiger partial charge in [0.2, 0.25) is 5.91 Å². The Bertz CT molecular complexity index is 711. The summed E-state index contributed by atoms with van der Waals surface area (Å²) < 4.78 is 0. The van der Waals surface area contributed by atoms with Crippen LogP contribution in [0.5, 0.6) is 0 Å². The fraction of sp³-hybridized carbons (Fsp3) is 0.632. The first-order chi connectivity index (χ1) is 12.4. The van der Waals surface area contributed by atoms with Crippen LogP contribution in [0.25, 0.3) is 0 Å². The average molecular weight is 360 g/mol. The van der Waals surface area contributed by atoms with Crippen molar-refractivity contribution in [3.63, 3.8) is 0 Å². The number of carbonyl (C=O) groups is 3. The molecule has 2 amide bonds. The normalized spacial score (nSPS) is 18.4. The molecule has 0 aliphatic carbocycles. The van der Waals surface area contributed by atoms with Gasteiger partial charge < -0.3 is 14.8 Å². The maximum Gasteiger partial charge on any atom is 0.270 e. The third kappa shape index (κ3) is 3.67. The van der Waals surface area contributed by atoms with Crippen molar-refractivity contribution < 1.29 is 14.4 Å². The van der Waals surface area contributed by atoms with Crippen LogP contribution in [-0.2, 0) is 4.79 Å². The predicted octanol–water partition coefficient (Wildman–Crippen LogP) is 1.21. The predicted molar refractivity (Wildman–Crippen MR) is 98.4 cm³/mol. The van der Waals surface area contributed by atoms with Gasteiger partial charge in [0.1, 0.15) is 5.69 Å². The lowest BCUT2D eigenvalue weighted by Crippen LogP contribution is -2.51. The lowest BCUT2D eigenvalue weighted by Gasteiger charge is -2.35. The van der Waals surface area contributed by atoms with E-state index in [9.17, 15) is 14.4 Å². The molecule has 1 aromatic rings. The smallest absolute Gasteiger partial charge is 0.270 e. The van der Waals surface area contributed by atoms with E-state index in [2.05, 4.69) is 9.88 Å². The van der Waals surface area contributed by atoms with E-state index in [-0.39, 0.29) is 17.6 Å². The molecule has 2 saturated heterocycles. The first-order valence-corrected chi connectivity index (χ1v) is 9.38. The summed E-state index contributed by atoms with van der Waals surface area (Å²) in [5.41, 5.74) is 2.59. The molecule has 142 valence electrons. The van der Waals surface area contributed by atoms with Crippen LogP contribution in [0.15, 0.2) is 0 Å². The Labute approximate surface area is 154 Å². The van der Waals surface area contributed by atoms with E-state index >= 15 is 0 Å². The van der Waals surface area contributed by atoms with Crippen molar-refractivity contribution in [2.45, 2.75) is 33.6 Å². The van der Waals surface area contributed by atoms with Crippen molar-refractivity contribution in [1.29, 1.82) is 0 Å². The van der Waals surface area contributed by atoms with Gasteiger partial charge in [-0.15, -0.1) is 0 Å². The summed E-state index contributed by atoms with van der Waals surface area (Å²) in [5, 5.41) is 0. The van der Waals surface area contributed by atoms with Gasteiger partial charge in [-0.1, -0.05) is 0 Å². The highest BCUT2D eigenvalue weighted by Crippen LogP contribution is 2.20. The van der Waals surface area contributed by atoms with E-state index in [0.717, 1.165) is 37.2 Å². The molecule has 0 atom stereocenters. The van der Waals surface area contributed by atoms with Crippen molar-refractivity contribution >= 4 is 17.6 Å². The molecular formula is C19H28N4O3. The first kappa shape index (κ1) is 18.6. The number of likely N-dealkylation sites (tertiary alicyclic amines) is 1. The summed E-state index contributed by atoms with van der Waals surface area (Å²) in [5.74, 6) is 0.105. The largest absolute Gasteiger partial charge is 0.354 e. The summed E-state index contributed by atoms with van der Waals surface area (Å²) in [6.45, 7) is 9.94. The fourth-order valence-corrected chi connectivity index (χ4v) is 4.02. The van der Waals surface area contributed by atoms with E-state index in [1.54, 1.807) is 4.90 Å². The Kier molecular flexibility index (Phi) is 5.46. The highest BCUT2D eigenvalue weighted by Gasteiger charge is 2.28. The third-order valence-electron chi connectivity index (χ3n) is 5.48. The molecule has 0 spiro atoms. The van der Waals surface area contributed by atoms with Crippen molar-refractivity contribution in [2.75, 3.05) is 45.8 Å². The van der Waals surface area contributed by atoms with Gasteiger partial charge in [-0.25, -0.2) is 0 Å². The van der Waals surface area contributed by atoms with E-state index in [1.165, 1.54) is 6.92 Å². The molecule has 0 bridgehead atoms. The molecule has 2 aliphatic rings. The van der Waals surface area contributed by atoms with Crippen molar-refractivity contribution in [3.05, 3.63) is 22.5 Å². The van der Waals surface area contributed by atoms with Crippen LogP contribution >= 0.6 is 0 Å². The number of nitrogens with zero attached hydrogens (tertiary/aromatic N) is 3. The lowest BCUT2D eigenvalue weighted by atomic mass is 10.1. The fourth-order valence-electron chi connectivity index (χ4n) is 4.02. The van der Waals surface area contributed by atoms with Gasteiger partial charge >= 0.3 is 0 Å². The SMILES string of the molecule is CC(=O)c1c(C)[nH]c(C(=O)N2CCN(CC(=O)N3CCCC3)CC2)c1C. The molecule has 1 N–H and O–H groups in total. The van der Waals surface area contributed by atoms with Crippen LogP contribution in [0.1, 0.15) is 51.9 Å². The van der Waals surface area contributed by atoms with Gasteiger partial charge in [0.25, 0.3) is 5.91 Å². The van der Waals surface area contributed by atoms with Crippen molar-refractivity contribution in [3.8, 4) is 0 Å². The van der Waals surface area contributed by atoms with Gasteiger partial charge in [-0.05, 0) is 39.2 Å². The number of carbonyl (C=O) groups excluding carboxylic acids is 3. The molecule has 0 radical (unpaired) electrons. The molecule has 3 heterocycles. The molecule has 3 rings (SSSR count). The topological polar surface area (TPSA) is 76.7 Å². The third-order valence-corrected chi connectivity index (χ3v) is 5.48. The number of H-pyrrole nitrogens is 1. The highest BCUT2D eigenvalue weighted by molar-refractivity contribution is 6.02. The minimum absolute atomic E-state index is 0.0273. The molecule has 1 aromatic heterocycles. The van der Waals surface area contributed by atoms with Crippen LogP contribution in [-0.4, -0.2) is 83.1 Å². The highest BCUT2D eigenvalue weighted by atomic mass is 16.2. The maximum atomic E-state index is 12.8. The van der Waals surface area contributed by atoms with E-state index in [4.69, 9.17) is 0 Å². The van der Waals surface area contributed by atoms with Gasteiger partial charge in [0.05, 0.1) is 6.54 Å². The monoisotopic (exact) mass is 360 g/mol. The number of rotatable bonds is 4. The molecule has 2 aliphatic heterocycles. The number of aryl methyl sites for hydroxylation is 1. The minimum Gasteiger partial charge on any atom is -0.354 e. The zero-order valence-electron chi connectivity index (χ0n) is 15.9. The van der Waals surface area contributed by atoms with Crippen LogP contribution in [0.3, 0.4) is 0 Å². The van der Waals surface area contributed by atoms with Crippen LogP contribution in [0.4, 0.5) is 0 Å².